The maximum absolute atomic E-state index is 13.3. The van der Waals surface area contributed by atoms with Gasteiger partial charge in [-0.1, -0.05) is 48.5 Å². The van der Waals surface area contributed by atoms with Gasteiger partial charge in [0, 0.05) is 31.3 Å². The number of aromatic nitrogens is 2. The van der Waals surface area contributed by atoms with E-state index in [1.54, 1.807) is 17.0 Å². The molecule has 1 aromatic heterocycles. The van der Waals surface area contributed by atoms with Crippen LogP contribution >= 0.6 is 0 Å². The van der Waals surface area contributed by atoms with E-state index in [1.807, 2.05) is 36.2 Å². The second-order valence-corrected chi connectivity index (χ2v) is 9.45. The van der Waals surface area contributed by atoms with Gasteiger partial charge < -0.3 is 14.0 Å². The molecule has 3 heterocycles. The van der Waals surface area contributed by atoms with Gasteiger partial charge in [0.2, 0.25) is 5.78 Å². The maximum atomic E-state index is 13.3. The molecule has 6 rings (SSSR count). The first kappa shape index (κ1) is 21.1. The molecule has 0 saturated carbocycles. The summed E-state index contributed by atoms with van der Waals surface area (Å²) >= 11 is 0. The number of benzene rings is 2. The summed E-state index contributed by atoms with van der Waals surface area (Å²) in [5.74, 6) is 0.364. The van der Waals surface area contributed by atoms with Gasteiger partial charge in [-0.05, 0) is 35.1 Å². The highest BCUT2D eigenvalue weighted by Crippen LogP contribution is 2.44. The summed E-state index contributed by atoms with van der Waals surface area (Å²) in [6.07, 6.45) is 4.23. The highest BCUT2D eigenvalue weighted by atomic mass is 16.6. The van der Waals surface area contributed by atoms with Crippen LogP contribution in [0.5, 0.6) is 0 Å². The zero-order valence-corrected chi connectivity index (χ0v) is 19.1. The summed E-state index contributed by atoms with van der Waals surface area (Å²) in [4.78, 5) is 32.4. The molecule has 2 saturated heterocycles. The predicted molar refractivity (Wildman–Crippen MR) is 126 cm³/mol. The first-order valence-corrected chi connectivity index (χ1v) is 11.8. The quantitative estimate of drug-likeness (QED) is 0.553. The maximum Gasteiger partial charge on any atom is 0.410 e. The van der Waals surface area contributed by atoms with E-state index in [4.69, 9.17) is 9.47 Å². The molecule has 0 radical (unpaired) electrons. The molecular formula is C27H27N3O4. The second-order valence-electron chi connectivity index (χ2n) is 9.45. The number of amides is 1. The average molecular weight is 458 g/mol. The molecule has 2 aromatic carbocycles. The van der Waals surface area contributed by atoms with Gasteiger partial charge in [-0.2, -0.15) is 0 Å². The number of ether oxygens (including phenoxy) is 2. The van der Waals surface area contributed by atoms with Crippen molar-refractivity contribution in [3.63, 3.8) is 0 Å². The van der Waals surface area contributed by atoms with Crippen molar-refractivity contribution in [3.05, 3.63) is 77.9 Å². The van der Waals surface area contributed by atoms with E-state index in [0.717, 1.165) is 0 Å². The lowest BCUT2D eigenvalue weighted by molar-refractivity contribution is -0.0748. The van der Waals surface area contributed by atoms with Crippen LogP contribution in [0.15, 0.2) is 60.9 Å². The van der Waals surface area contributed by atoms with Crippen molar-refractivity contribution in [2.45, 2.75) is 30.8 Å². The van der Waals surface area contributed by atoms with E-state index in [9.17, 15) is 9.59 Å². The monoisotopic (exact) mass is 457 g/mol. The fraction of sp³-hybridized carbons (Fsp3) is 0.370. The number of carbonyl (C=O) groups is 2. The summed E-state index contributed by atoms with van der Waals surface area (Å²) in [6.45, 7) is 1.13. The van der Waals surface area contributed by atoms with E-state index in [2.05, 4.69) is 29.2 Å². The number of hydrogen-bond acceptors (Lipinski definition) is 5. The molecule has 2 bridgehead atoms. The zero-order valence-electron chi connectivity index (χ0n) is 19.1. The molecule has 2 aliphatic heterocycles. The van der Waals surface area contributed by atoms with Gasteiger partial charge in [0.1, 0.15) is 6.61 Å². The van der Waals surface area contributed by atoms with E-state index in [0.29, 0.717) is 38.5 Å². The van der Waals surface area contributed by atoms with Crippen molar-refractivity contribution in [2.75, 3.05) is 19.8 Å². The SMILES string of the molecule is Cn1ccnc1C(=O)C1CC2COCC(C1)N2C(=O)OCC1c2ccccc2-c2ccccc21. The molecule has 0 spiro atoms. The number of fused-ring (bicyclic) bond motifs is 5. The van der Waals surface area contributed by atoms with Crippen molar-refractivity contribution in [1.82, 2.24) is 14.5 Å². The Morgan fingerprint density at radius 2 is 1.62 bits per heavy atom. The van der Waals surface area contributed by atoms with Crippen LogP contribution in [-0.4, -0.2) is 58.2 Å². The van der Waals surface area contributed by atoms with Gasteiger partial charge >= 0.3 is 6.09 Å². The minimum Gasteiger partial charge on any atom is -0.448 e. The Balaban J connectivity index is 1.17. The van der Waals surface area contributed by atoms with Gasteiger partial charge in [-0.3, -0.25) is 9.69 Å². The Kier molecular flexibility index (Phi) is 5.21. The fourth-order valence-corrected chi connectivity index (χ4v) is 5.88. The third kappa shape index (κ3) is 3.42. The lowest BCUT2D eigenvalue weighted by Crippen LogP contribution is -2.60. The number of ketones is 1. The largest absolute Gasteiger partial charge is 0.448 e. The highest BCUT2D eigenvalue weighted by Gasteiger charge is 2.45. The Labute approximate surface area is 198 Å². The molecule has 34 heavy (non-hydrogen) atoms. The highest BCUT2D eigenvalue weighted by molar-refractivity contribution is 5.95. The van der Waals surface area contributed by atoms with Crippen molar-refractivity contribution in [3.8, 4) is 11.1 Å². The Morgan fingerprint density at radius 3 is 2.21 bits per heavy atom. The van der Waals surface area contributed by atoms with Gasteiger partial charge in [0.15, 0.2) is 5.82 Å². The van der Waals surface area contributed by atoms with Crippen LogP contribution in [0.4, 0.5) is 4.79 Å². The summed E-state index contributed by atoms with van der Waals surface area (Å²) in [5, 5.41) is 0. The number of morpholine rings is 1. The van der Waals surface area contributed by atoms with Crippen LogP contribution in [0.25, 0.3) is 11.1 Å². The minimum absolute atomic E-state index is 0.0231. The molecule has 7 heteroatoms. The molecule has 7 nitrogen and oxygen atoms in total. The van der Waals surface area contributed by atoms with E-state index in [-0.39, 0.29) is 35.8 Å². The van der Waals surface area contributed by atoms with Crippen molar-refractivity contribution >= 4 is 11.9 Å². The number of Topliss-reactive ketones (excluding diaryl/α,β-unsaturated/α-hetero) is 1. The third-order valence-electron chi connectivity index (χ3n) is 7.48. The average Bonchev–Trinajstić information content (AvgIpc) is 3.42. The fourth-order valence-electron chi connectivity index (χ4n) is 5.88. The number of hydrogen-bond donors (Lipinski definition) is 0. The van der Waals surface area contributed by atoms with Crippen LogP contribution in [-0.2, 0) is 16.5 Å². The zero-order chi connectivity index (χ0) is 23.2. The van der Waals surface area contributed by atoms with Crippen molar-refractivity contribution in [2.24, 2.45) is 13.0 Å². The molecule has 174 valence electrons. The lowest BCUT2D eigenvalue weighted by atomic mass is 9.82. The van der Waals surface area contributed by atoms with Gasteiger partial charge in [-0.25, -0.2) is 9.78 Å². The molecule has 2 unspecified atom stereocenters. The number of aryl methyl sites for hydroxylation is 1. The Morgan fingerprint density at radius 1 is 1.00 bits per heavy atom. The normalized spacial score (nSPS) is 23.3. The van der Waals surface area contributed by atoms with Gasteiger partial charge in [0.05, 0.1) is 25.3 Å². The topological polar surface area (TPSA) is 73.7 Å². The molecule has 2 atom stereocenters. The third-order valence-corrected chi connectivity index (χ3v) is 7.48. The lowest BCUT2D eigenvalue weighted by Gasteiger charge is -2.47. The van der Waals surface area contributed by atoms with Crippen LogP contribution in [0, 0.1) is 5.92 Å². The molecule has 3 aliphatic rings. The van der Waals surface area contributed by atoms with Crippen molar-refractivity contribution < 1.29 is 19.1 Å². The standard InChI is InChI=1S/C27H27N3O4/c1-29-11-10-28-26(29)25(31)17-12-18-14-33-15-19(13-17)30(18)27(32)34-16-24-22-8-4-2-6-20(22)21-7-3-5-9-23(21)24/h2-11,17-19,24H,12-16H2,1H3. The van der Waals surface area contributed by atoms with E-state index >= 15 is 0 Å². The van der Waals surface area contributed by atoms with Gasteiger partial charge in [0.25, 0.3) is 0 Å². The first-order valence-electron chi connectivity index (χ1n) is 11.8. The summed E-state index contributed by atoms with van der Waals surface area (Å²) < 4.78 is 13.4. The van der Waals surface area contributed by atoms with E-state index in [1.165, 1.54) is 22.3 Å². The Bertz CT molecular complexity index is 1190. The molecule has 1 aliphatic carbocycles. The van der Waals surface area contributed by atoms with Crippen LogP contribution in [0.2, 0.25) is 0 Å². The molecule has 0 N–H and O–H groups in total. The number of nitrogens with zero attached hydrogens (tertiary/aromatic N) is 3. The first-order chi connectivity index (χ1) is 16.6. The van der Waals surface area contributed by atoms with Crippen LogP contribution in [0.3, 0.4) is 0 Å². The Hall–Kier alpha value is -3.45. The van der Waals surface area contributed by atoms with Crippen molar-refractivity contribution in [1.29, 1.82) is 0 Å². The molecule has 2 fully saturated rings. The van der Waals surface area contributed by atoms with Crippen LogP contribution < -0.4 is 0 Å². The number of rotatable bonds is 4. The van der Waals surface area contributed by atoms with Gasteiger partial charge in [-0.15, -0.1) is 0 Å². The summed E-state index contributed by atoms with van der Waals surface area (Å²) in [7, 11) is 1.83. The number of piperidine rings is 1. The summed E-state index contributed by atoms with van der Waals surface area (Å²) in [5.41, 5.74) is 4.80. The molecule has 1 amide bonds. The smallest absolute Gasteiger partial charge is 0.410 e. The van der Waals surface area contributed by atoms with Crippen LogP contribution in [0.1, 0.15) is 40.5 Å². The second kappa shape index (κ2) is 8.40. The minimum atomic E-state index is -0.317. The predicted octanol–water partition coefficient (Wildman–Crippen LogP) is 4.03. The number of imidazole rings is 1. The van der Waals surface area contributed by atoms with E-state index < -0.39 is 0 Å². The summed E-state index contributed by atoms with van der Waals surface area (Å²) in [6, 6.07) is 16.3. The molecular weight excluding hydrogens is 430 g/mol. The number of carbonyl (C=O) groups excluding carboxylic acids is 2. The molecule has 3 aromatic rings.